The minimum Gasteiger partial charge on any atom is -0.497 e. The first-order valence-electron chi connectivity index (χ1n) is 11.9. The van der Waals surface area contributed by atoms with Crippen molar-refractivity contribution in [1.29, 1.82) is 0 Å². The minimum atomic E-state index is -0.193. The van der Waals surface area contributed by atoms with E-state index in [4.69, 9.17) is 18.6 Å². The summed E-state index contributed by atoms with van der Waals surface area (Å²) in [6, 6.07) is 17.5. The van der Waals surface area contributed by atoms with Gasteiger partial charge < -0.3 is 23.9 Å². The number of ether oxygens (including phenoxy) is 3. The number of hydrogen-bond donors (Lipinski definition) is 1. The van der Waals surface area contributed by atoms with Crippen molar-refractivity contribution in [3.05, 3.63) is 83.6 Å². The fourth-order valence-corrected chi connectivity index (χ4v) is 4.29. The molecule has 1 N–H and O–H groups in total. The van der Waals surface area contributed by atoms with Gasteiger partial charge in [0.1, 0.15) is 22.8 Å². The number of para-hydroxylation sites is 1. The van der Waals surface area contributed by atoms with Crippen LogP contribution in [0, 0.1) is 6.92 Å². The Bertz CT molecular complexity index is 1400. The van der Waals surface area contributed by atoms with E-state index in [1.165, 1.54) is 0 Å². The van der Waals surface area contributed by atoms with E-state index in [0.717, 1.165) is 55.9 Å². The maximum atomic E-state index is 12.8. The number of methoxy groups -OCH3 is 2. The highest BCUT2D eigenvalue weighted by Gasteiger charge is 2.19. The number of carbonyl (C=O) groups is 1. The molecule has 0 atom stereocenters. The van der Waals surface area contributed by atoms with E-state index in [1.54, 1.807) is 26.6 Å². The molecule has 0 aliphatic rings. The van der Waals surface area contributed by atoms with Crippen LogP contribution < -0.4 is 19.5 Å². The lowest BCUT2D eigenvalue weighted by Crippen LogP contribution is -2.21. The molecule has 0 aliphatic carbocycles. The van der Waals surface area contributed by atoms with E-state index in [1.807, 2.05) is 75.4 Å². The highest BCUT2D eigenvalue weighted by atomic mass is 16.5. The van der Waals surface area contributed by atoms with Crippen LogP contribution in [0.2, 0.25) is 0 Å². The number of hydrogen-bond acceptors (Lipinski definition) is 5. The van der Waals surface area contributed by atoms with E-state index in [9.17, 15) is 4.79 Å². The van der Waals surface area contributed by atoms with Gasteiger partial charge in [0.25, 0.3) is 0 Å². The molecule has 1 amide bonds. The van der Waals surface area contributed by atoms with Crippen molar-refractivity contribution < 1.29 is 23.4 Å². The van der Waals surface area contributed by atoms with Crippen molar-refractivity contribution in [2.45, 2.75) is 27.3 Å². The van der Waals surface area contributed by atoms with Gasteiger partial charge in [-0.3, -0.25) is 4.79 Å². The number of allylic oxidation sites excluding steroid dienone is 1. The molecule has 0 radical (unpaired) electrons. The van der Waals surface area contributed by atoms with Crippen molar-refractivity contribution in [3.8, 4) is 28.4 Å². The molecule has 1 heterocycles. The number of fused-ring (bicyclic) bond motifs is 1. The lowest BCUT2D eigenvalue weighted by atomic mass is 9.96. The lowest BCUT2D eigenvalue weighted by molar-refractivity contribution is -0.116. The summed E-state index contributed by atoms with van der Waals surface area (Å²) in [5.74, 6) is 2.05. The van der Waals surface area contributed by atoms with E-state index >= 15 is 0 Å². The van der Waals surface area contributed by atoms with E-state index in [0.29, 0.717) is 18.9 Å². The quantitative estimate of drug-likeness (QED) is 0.273. The van der Waals surface area contributed by atoms with Gasteiger partial charge in [-0.2, -0.15) is 0 Å². The molecule has 0 fully saturated rings. The minimum absolute atomic E-state index is 0.193. The Hall–Kier alpha value is -4.19. The molecule has 0 spiro atoms. The third-order valence-electron chi connectivity index (χ3n) is 6.15. The van der Waals surface area contributed by atoms with E-state index in [-0.39, 0.29) is 5.91 Å². The van der Waals surface area contributed by atoms with Crippen LogP contribution in [0.4, 0.5) is 0 Å². The van der Waals surface area contributed by atoms with Crippen LogP contribution in [0.25, 0.3) is 27.7 Å². The Balaban J connectivity index is 1.69. The highest BCUT2D eigenvalue weighted by Crippen LogP contribution is 2.41. The van der Waals surface area contributed by atoms with Gasteiger partial charge >= 0.3 is 0 Å². The third-order valence-corrected chi connectivity index (χ3v) is 6.15. The van der Waals surface area contributed by atoms with Crippen molar-refractivity contribution in [3.63, 3.8) is 0 Å². The molecule has 0 unspecified atom stereocenters. The third kappa shape index (κ3) is 5.08. The van der Waals surface area contributed by atoms with Gasteiger partial charge in [-0.05, 0) is 56.2 Å². The second-order valence-electron chi connectivity index (χ2n) is 8.42. The predicted octanol–water partition coefficient (Wildman–Crippen LogP) is 6.54. The topological polar surface area (TPSA) is 69.9 Å². The maximum absolute atomic E-state index is 12.8. The first-order chi connectivity index (χ1) is 17.5. The molecule has 0 saturated heterocycles. The first kappa shape index (κ1) is 24.9. The number of nitrogens with one attached hydrogen (secondary N) is 1. The fourth-order valence-electron chi connectivity index (χ4n) is 4.29. The molecule has 6 heteroatoms. The molecule has 3 aromatic carbocycles. The first-order valence-corrected chi connectivity index (χ1v) is 11.9. The van der Waals surface area contributed by atoms with Crippen LogP contribution in [0.3, 0.4) is 0 Å². The Labute approximate surface area is 211 Å². The van der Waals surface area contributed by atoms with Crippen molar-refractivity contribution >= 4 is 22.4 Å². The molecule has 0 aliphatic heterocycles. The Morgan fingerprint density at radius 3 is 2.50 bits per heavy atom. The molecular weight excluding hydrogens is 454 g/mol. The zero-order valence-corrected chi connectivity index (χ0v) is 21.3. The van der Waals surface area contributed by atoms with Gasteiger partial charge in [0.2, 0.25) is 5.91 Å². The Morgan fingerprint density at radius 2 is 1.81 bits per heavy atom. The molecule has 0 saturated carbocycles. The second-order valence-corrected chi connectivity index (χ2v) is 8.42. The number of aryl methyl sites for hydroxylation is 1. The maximum Gasteiger partial charge on any atom is 0.244 e. The van der Waals surface area contributed by atoms with Crippen molar-refractivity contribution in [2.24, 2.45) is 0 Å². The fraction of sp³-hybridized carbons (Fsp3) is 0.233. The van der Waals surface area contributed by atoms with Crippen LogP contribution in [-0.4, -0.2) is 26.7 Å². The molecule has 186 valence electrons. The normalized spacial score (nSPS) is 11.4. The summed E-state index contributed by atoms with van der Waals surface area (Å²) in [5, 5.41) is 3.91. The van der Waals surface area contributed by atoms with Gasteiger partial charge in [0.15, 0.2) is 0 Å². The van der Waals surface area contributed by atoms with E-state index < -0.39 is 0 Å². The van der Waals surface area contributed by atoms with Gasteiger partial charge in [-0.25, -0.2) is 0 Å². The number of amides is 1. The zero-order valence-electron chi connectivity index (χ0n) is 21.3. The van der Waals surface area contributed by atoms with Crippen LogP contribution in [0.15, 0.2) is 71.4 Å². The van der Waals surface area contributed by atoms with Crippen molar-refractivity contribution in [2.75, 3.05) is 20.8 Å². The largest absolute Gasteiger partial charge is 0.497 e. The van der Waals surface area contributed by atoms with Gasteiger partial charge in [0.05, 0.1) is 27.1 Å². The zero-order chi connectivity index (χ0) is 25.7. The van der Waals surface area contributed by atoms with Gasteiger partial charge in [0, 0.05) is 40.3 Å². The summed E-state index contributed by atoms with van der Waals surface area (Å²) in [4.78, 5) is 12.8. The molecule has 4 rings (SSSR count). The number of carbonyl (C=O) groups excluding carboxylic acids is 1. The summed E-state index contributed by atoms with van der Waals surface area (Å²) in [6.45, 7) is 6.70. The lowest BCUT2D eigenvalue weighted by Gasteiger charge is -2.15. The summed E-state index contributed by atoms with van der Waals surface area (Å²) >= 11 is 0. The number of rotatable bonds is 9. The molecule has 0 bridgehead atoms. The van der Waals surface area contributed by atoms with Crippen LogP contribution in [-0.2, 0) is 11.3 Å². The average Bonchev–Trinajstić information content (AvgIpc) is 3.33. The van der Waals surface area contributed by atoms with Gasteiger partial charge in [-0.15, -0.1) is 0 Å². The molecule has 6 nitrogen and oxygen atoms in total. The summed E-state index contributed by atoms with van der Waals surface area (Å²) < 4.78 is 22.7. The molecular formula is C30H31NO5. The highest BCUT2D eigenvalue weighted by molar-refractivity contribution is 6.01. The van der Waals surface area contributed by atoms with Crippen LogP contribution >= 0.6 is 0 Å². The Morgan fingerprint density at radius 1 is 1.06 bits per heavy atom. The molecule has 1 aromatic heterocycles. The van der Waals surface area contributed by atoms with Crippen LogP contribution in [0.5, 0.6) is 17.2 Å². The van der Waals surface area contributed by atoms with Gasteiger partial charge in [-0.1, -0.05) is 30.3 Å². The monoisotopic (exact) mass is 485 g/mol. The average molecular weight is 486 g/mol. The summed E-state index contributed by atoms with van der Waals surface area (Å²) in [5.41, 5.74) is 6.20. The smallest absolute Gasteiger partial charge is 0.244 e. The standard InChI is InChI=1S/C30H31NO5/c1-6-35-29-20(3)30-25(26(18-36-30)21-11-13-23(33-4)14-12-21)16-24(29)19(2)15-28(32)31-17-22-9-7-8-10-27(22)34-5/h7-16,18H,6,17H2,1-5H3,(H,31,32)/b19-15+. The number of furan rings is 1. The molecule has 4 aromatic rings. The van der Waals surface area contributed by atoms with Crippen LogP contribution in [0.1, 0.15) is 30.5 Å². The van der Waals surface area contributed by atoms with E-state index in [2.05, 4.69) is 5.32 Å². The predicted molar refractivity (Wildman–Crippen MR) is 143 cm³/mol. The summed E-state index contributed by atoms with van der Waals surface area (Å²) in [7, 11) is 3.27. The summed E-state index contributed by atoms with van der Waals surface area (Å²) in [6.07, 6.45) is 3.36. The Kier molecular flexibility index (Phi) is 7.64. The van der Waals surface area contributed by atoms with Crippen molar-refractivity contribution in [1.82, 2.24) is 5.32 Å². The SMILES string of the molecule is CCOc1c(/C(C)=C/C(=O)NCc2ccccc2OC)cc2c(-c3ccc(OC)cc3)coc2c1C. The number of benzene rings is 3. The second kappa shape index (κ2) is 11.0. The molecule has 36 heavy (non-hydrogen) atoms.